The number of ether oxygens (including phenoxy) is 2. The van der Waals surface area contributed by atoms with Crippen molar-refractivity contribution in [1.29, 1.82) is 0 Å². The molecule has 0 unspecified atom stereocenters. The summed E-state index contributed by atoms with van der Waals surface area (Å²) in [4.78, 5) is 22.4. The zero-order valence-corrected chi connectivity index (χ0v) is 18.3. The molecule has 0 bridgehead atoms. The summed E-state index contributed by atoms with van der Waals surface area (Å²) < 4.78 is 65.0. The first-order valence-electron chi connectivity index (χ1n) is 10.3. The summed E-state index contributed by atoms with van der Waals surface area (Å²) in [6.45, 7) is 2.99. The highest BCUT2D eigenvalue weighted by Crippen LogP contribution is 2.39. The maximum absolute atomic E-state index is 14.2. The van der Waals surface area contributed by atoms with E-state index in [0.29, 0.717) is 16.9 Å². The van der Waals surface area contributed by atoms with Crippen LogP contribution in [0.1, 0.15) is 27.0 Å². The van der Waals surface area contributed by atoms with Crippen molar-refractivity contribution in [3.8, 4) is 22.6 Å². The Bertz CT molecular complexity index is 1230. The summed E-state index contributed by atoms with van der Waals surface area (Å²) in [6, 6.07) is 12.7. The fourth-order valence-electron chi connectivity index (χ4n) is 3.35. The summed E-state index contributed by atoms with van der Waals surface area (Å²) in [5.74, 6) is -1.99. The molecule has 1 N–H and O–H groups in total. The van der Waals surface area contributed by atoms with Crippen molar-refractivity contribution in [2.45, 2.75) is 19.2 Å². The van der Waals surface area contributed by atoms with Crippen molar-refractivity contribution in [2.24, 2.45) is 0 Å². The van der Waals surface area contributed by atoms with Crippen LogP contribution in [0.2, 0.25) is 0 Å². The summed E-state index contributed by atoms with van der Waals surface area (Å²) in [7, 11) is 0. The minimum absolute atomic E-state index is 0.0696. The number of carboxylic acid groups (broad SMARTS) is 1. The van der Waals surface area contributed by atoms with Gasteiger partial charge in [0.25, 0.3) is 0 Å². The summed E-state index contributed by atoms with van der Waals surface area (Å²) in [5, 5.41) is 8.82. The minimum Gasteiger partial charge on any atom is -0.489 e. The highest BCUT2D eigenvalue weighted by molar-refractivity contribution is 5.83. The lowest BCUT2D eigenvalue weighted by molar-refractivity contribution is -0.139. The first kappa shape index (κ1) is 25.5. The van der Waals surface area contributed by atoms with Gasteiger partial charge in [-0.2, -0.15) is 13.2 Å². The minimum atomic E-state index is -4.71. The zero-order valence-electron chi connectivity index (χ0n) is 18.3. The second-order valence-corrected chi connectivity index (χ2v) is 7.42. The van der Waals surface area contributed by atoms with Gasteiger partial charge >= 0.3 is 12.1 Å². The topological polar surface area (TPSA) is 72.8 Å². The van der Waals surface area contributed by atoms with Crippen LogP contribution in [-0.4, -0.2) is 24.0 Å². The standard InChI is InChI=1S/C26H20F4O5/c1-2-11-34-25-21(14-31)19(7-10-22(25)26(28,29)30)15-35-20-8-5-16(6-9-20)17-3-4-18(13-24(32)33)23(27)12-17/h2-10,12,14H,1,11,13,15H2,(H,32,33). The molecular weight excluding hydrogens is 468 g/mol. The van der Waals surface area contributed by atoms with Gasteiger partial charge in [0.15, 0.2) is 6.29 Å². The maximum atomic E-state index is 14.2. The van der Waals surface area contributed by atoms with Crippen LogP contribution in [0.25, 0.3) is 11.1 Å². The molecule has 3 aromatic carbocycles. The van der Waals surface area contributed by atoms with Crippen LogP contribution < -0.4 is 9.47 Å². The molecule has 0 saturated heterocycles. The van der Waals surface area contributed by atoms with Crippen LogP contribution in [-0.2, 0) is 24.0 Å². The number of carboxylic acids is 1. The molecule has 0 saturated carbocycles. The number of benzene rings is 3. The van der Waals surface area contributed by atoms with Gasteiger partial charge in [-0.1, -0.05) is 43.0 Å². The molecule has 0 aliphatic heterocycles. The van der Waals surface area contributed by atoms with E-state index >= 15 is 0 Å². The third-order valence-corrected chi connectivity index (χ3v) is 5.03. The molecule has 0 heterocycles. The number of rotatable bonds is 10. The van der Waals surface area contributed by atoms with Crippen LogP contribution in [0.15, 0.2) is 67.3 Å². The lowest BCUT2D eigenvalue weighted by Crippen LogP contribution is -2.13. The molecule has 0 aromatic heterocycles. The number of hydrogen-bond donors (Lipinski definition) is 1. The summed E-state index contributed by atoms with van der Waals surface area (Å²) in [5.41, 5.74) is 0.0956. The fraction of sp³-hybridized carbons (Fsp3) is 0.154. The monoisotopic (exact) mass is 488 g/mol. The van der Waals surface area contributed by atoms with Crippen molar-refractivity contribution < 1.29 is 41.7 Å². The Kier molecular flexibility index (Phi) is 7.91. The molecule has 3 rings (SSSR count). The number of aliphatic carboxylic acids is 1. The van der Waals surface area contributed by atoms with Crippen LogP contribution in [0.3, 0.4) is 0 Å². The van der Waals surface area contributed by atoms with Gasteiger partial charge in [-0.15, -0.1) is 0 Å². The average Bonchev–Trinajstić information content (AvgIpc) is 2.81. The molecule has 0 atom stereocenters. The number of carbonyl (C=O) groups is 2. The Labute approximate surface area is 198 Å². The third kappa shape index (κ3) is 6.26. The first-order valence-corrected chi connectivity index (χ1v) is 10.3. The van der Waals surface area contributed by atoms with Crippen LogP contribution in [0.5, 0.6) is 11.5 Å². The van der Waals surface area contributed by atoms with Gasteiger partial charge in [0.2, 0.25) is 0 Å². The fourth-order valence-corrected chi connectivity index (χ4v) is 3.35. The predicted octanol–water partition coefficient (Wildman–Crippen LogP) is 6.09. The molecule has 0 spiro atoms. The average molecular weight is 488 g/mol. The van der Waals surface area contributed by atoms with Crippen molar-refractivity contribution in [1.82, 2.24) is 0 Å². The van der Waals surface area contributed by atoms with Crippen molar-refractivity contribution in [3.63, 3.8) is 0 Å². The number of hydrogen-bond acceptors (Lipinski definition) is 4. The smallest absolute Gasteiger partial charge is 0.419 e. The van der Waals surface area contributed by atoms with E-state index in [1.807, 2.05) is 0 Å². The van der Waals surface area contributed by atoms with E-state index in [1.165, 1.54) is 18.2 Å². The largest absolute Gasteiger partial charge is 0.489 e. The molecule has 9 heteroatoms. The number of alkyl halides is 3. The molecule has 35 heavy (non-hydrogen) atoms. The van der Waals surface area contributed by atoms with E-state index in [9.17, 15) is 27.2 Å². The van der Waals surface area contributed by atoms with Gasteiger partial charge in [-0.25, -0.2) is 4.39 Å². The lowest BCUT2D eigenvalue weighted by Gasteiger charge is -2.18. The quantitative estimate of drug-likeness (QED) is 0.212. The molecule has 0 aliphatic carbocycles. The van der Waals surface area contributed by atoms with Crippen molar-refractivity contribution in [3.05, 3.63) is 95.3 Å². The van der Waals surface area contributed by atoms with Gasteiger partial charge in [0.05, 0.1) is 17.5 Å². The second kappa shape index (κ2) is 10.9. The van der Waals surface area contributed by atoms with Crippen LogP contribution in [0, 0.1) is 5.82 Å². The Balaban J connectivity index is 1.79. The normalized spacial score (nSPS) is 11.1. The van der Waals surface area contributed by atoms with E-state index in [1.54, 1.807) is 30.3 Å². The van der Waals surface area contributed by atoms with Crippen molar-refractivity contribution >= 4 is 12.3 Å². The highest BCUT2D eigenvalue weighted by Gasteiger charge is 2.36. The third-order valence-electron chi connectivity index (χ3n) is 5.03. The SMILES string of the molecule is C=CCOc1c(C(F)(F)F)ccc(COc2ccc(-c3ccc(CC(=O)O)c(F)c3)cc2)c1C=O. The Morgan fingerprint density at radius 2 is 1.63 bits per heavy atom. The molecule has 0 fully saturated rings. The molecule has 0 amide bonds. The first-order chi connectivity index (χ1) is 16.6. The van der Waals surface area contributed by atoms with Gasteiger partial charge in [0.1, 0.15) is 30.5 Å². The summed E-state index contributed by atoms with van der Waals surface area (Å²) >= 11 is 0. The molecule has 5 nitrogen and oxygen atoms in total. The van der Waals surface area contributed by atoms with Crippen molar-refractivity contribution in [2.75, 3.05) is 6.61 Å². The van der Waals surface area contributed by atoms with Crippen LogP contribution >= 0.6 is 0 Å². The lowest BCUT2D eigenvalue weighted by atomic mass is 10.0. The van der Waals surface area contributed by atoms with E-state index in [2.05, 4.69) is 6.58 Å². The molecule has 0 aliphatic rings. The van der Waals surface area contributed by atoms with E-state index < -0.39 is 35.7 Å². The van der Waals surface area contributed by atoms with E-state index in [4.69, 9.17) is 14.6 Å². The van der Waals surface area contributed by atoms with Gasteiger partial charge in [-0.05, 0) is 41.0 Å². The molecule has 3 aromatic rings. The highest BCUT2D eigenvalue weighted by atomic mass is 19.4. The number of carbonyl (C=O) groups excluding carboxylic acids is 1. The Morgan fingerprint density at radius 1 is 0.971 bits per heavy atom. The Hall–Kier alpha value is -4.14. The van der Waals surface area contributed by atoms with Gasteiger partial charge < -0.3 is 14.6 Å². The molecular formula is C26H20F4O5. The van der Waals surface area contributed by atoms with Gasteiger partial charge in [0, 0.05) is 5.56 Å². The second-order valence-electron chi connectivity index (χ2n) is 7.42. The zero-order chi connectivity index (χ0) is 25.6. The number of halogens is 4. The Morgan fingerprint density at radius 3 is 2.20 bits per heavy atom. The maximum Gasteiger partial charge on any atom is 0.419 e. The van der Waals surface area contributed by atoms with Gasteiger partial charge in [-0.3, -0.25) is 9.59 Å². The van der Waals surface area contributed by atoms with E-state index in [0.717, 1.165) is 12.1 Å². The molecule has 0 radical (unpaired) electrons. The predicted molar refractivity (Wildman–Crippen MR) is 120 cm³/mol. The van der Waals surface area contributed by atoms with Crippen LogP contribution in [0.4, 0.5) is 17.6 Å². The number of aldehydes is 1. The van der Waals surface area contributed by atoms with E-state index in [-0.39, 0.29) is 36.2 Å². The molecule has 182 valence electrons. The summed E-state index contributed by atoms with van der Waals surface area (Å²) in [6.07, 6.45) is -3.58.